The van der Waals surface area contributed by atoms with Crippen LogP contribution in [0.3, 0.4) is 0 Å². The summed E-state index contributed by atoms with van der Waals surface area (Å²) in [6.45, 7) is 5.31. The van der Waals surface area contributed by atoms with Crippen molar-refractivity contribution in [2.45, 2.75) is 11.8 Å². The number of hydrogen-bond acceptors (Lipinski definition) is 4. The van der Waals surface area contributed by atoms with E-state index in [0.29, 0.717) is 22.5 Å². The molecule has 25 heavy (non-hydrogen) atoms. The zero-order chi connectivity index (χ0) is 18.6. The van der Waals surface area contributed by atoms with Gasteiger partial charge in [-0.1, -0.05) is 30.8 Å². The van der Waals surface area contributed by atoms with Crippen LogP contribution in [0, 0.1) is 5.82 Å². The van der Waals surface area contributed by atoms with E-state index in [1.807, 2.05) is 0 Å². The van der Waals surface area contributed by atoms with Crippen molar-refractivity contribution >= 4 is 15.5 Å². The Morgan fingerprint density at radius 2 is 1.92 bits per heavy atom. The third-order valence-electron chi connectivity index (χ3n) is 3.44. The average molecular weight is 358 g/mol. The molecule has 0 unspecified atom stereocenters. The quantitative estimate of drug-likeness (QED) is 0.829. The third-order valence-corrected chi connectivity index (χ3v) is 4.60. The lowest BCUT2D eigenvalue weighted by Crippen LogP contribution is -2.03. The molecule has 130 valence electrons. The lowest BCUT2D eigenvalue weighted by molar-refractivity contribution is 0.602. The maximum atomic E-state index is 14.6. The van der Waals surface area contributed by atoms with Gasteiger partial charge in [0.2, 0.25) is 0 Å². The highest BCUT2D eigenvalue weighted by atomic mass is 32.2. The van der Waals surface area contributed by atoms with Gasteiger partial charge in [-0.3, -0.25) is 4.99 Å². The molecule has 0 aliphatic heterocycles. The zero-order valence-electron chi connectivity index (χ0n) is 14.0. The third kappa shape index (κ3) is 4.42. The van der Waals surface area contributed by atoms with Crippen molar-refractivity contribution in [2.75, 3.05) is 6.26 Å². The summed E-state index contributed by atoms with van der Waals surface area (Å²) in [6.07, 6.45) is 3.98. The molecule has 0 aromatic heterocycles. The summed E-state index contributed by atoms with van der Waals surface area (Å²) in [5, 5.41) is 0. The second kappa shape index (κ2) is 7.44. The number of nitrogens with two attached hydrogens (primary N) is 1. The summed E-state index contributed by atoms with van der Waals surface area (Å²) in [7, 11) is -3.43. The van der Waals surface area contributed by atoms with Crippen molar-refractivity contribution in [2.24, 2.45) is 10.7 Å². The van der Waals surface area contributed by atoms with E-state index in [0.717, 1.165) is 6.26 Å². The van der Waals surface area contributed by atoms with E-state index in [1.54, 1.807) is 37.3 Å². The normalized spacial score (nSPS) is 12.9. The Labute approximate surface area is 147 Å². The molecule has 0 saturated heterocycles. The fourth-order valence-electron chi connectivity index (χ4n) is 2.32. The van der Waals surface area contributed by atoms with Crippen molar-refractivity contribution < 1.29 is 12.8 Å². The number of sulfone groups is 1. The van der Waals surface area contributed by atoms with Gasteiger partial charge in [0.1, 0.15) is 5.82 Å². The van der Waals surface area contributed by atoms with Gasteiger partial charge < -0.3 is 5.73 Å². The second-order valence-corrected chi connectivity index (χ2v) is 7.54. The monoisotopic (exact) mass is 358 g/mol. The van der Waals surface area contributed by atoms with E-state index in [1.165, 1.54) is 24.4 Å². The van der Waals surface area contributed by atoms with Crippen LogP contribution in [0.25, 0.3) is 11.1 Å². The molecule has 0 heterocycles. The lowest BCUT2D eigenvalue weighted by atomic mass is 10.0. The molecule has 0 saturated carbocycles. The summed E-state index contributed by atoms with van der Waals surface area (Å²) < 4.78 is 38.5. The Balaban J connectivity index is 2.57. The van der Waals surface area contributed by atoms with Gasteiger partial charge in [-0.15, -0.1) is 0 Å². The number of benzene rings is 2. The Kier molecular flexibility index (Phi) is 5.54. The summed E-state index contributed by atoms with van der Waals surface area (Å²) in [5.41, 5.74) is 7.54. The lowest BCUT2D eigenvalue weighted by Gasteiger charge is -2.10. The highest BCUT2D eigenvalue weighted by Crippen LogP contribution is 2.28. The number of hydrogen-bond donors (Lipinski definition) is 1. The number of nitrogens with zero attached hydrogens (tertiary/aromatic N) is 1. The summed E-state index contributed by atoms with van der Waals surface area (Å²) >= 11 is 0. The fourth-order valence-corrected chi connectivity index (χ4v) is 3.23. The van der Waals surface area contributed by atoms with Crippen LogP contribution in [0.4, 0.5) is 4.39 Å². The van der Waals surface area contributed by atoms with Crippen LogP contribution in [0.1, 0.15) is 12.5 Å². The molecule has 0 amide bonds. The van der Waals surface area contributed by atoms with E-state index in [2.05, 4.69) is 11.6 Å². The Morgan fingerprint density at radius 3 is 2.48 bits per heavy atom. The molecule has 6 heteroatoms. The maximum Gasteiger partial charge on any atom is 0.176 e. The molecular formula is C19H19FN2O2S. The van der Waals surface area contributed by atoms with Crippen LogP contribution in [0.2, 0.25) is 0 Å². The molecule has 4 nitrogen and oxygen atoms in total. The molecule has 2 aromatic carbocycles. The minimum Gasteiger partial charge on any atom is -0.401 e. The highest BCUT2D eigenvalue weighted by molar-refractivity contribution is 7.90. The molecule has 0 aliphatic rings. The first kappa shape index (κ1) is 18.6. The fraction of sp³-hybridized carbons (Fsp3) is 0.105. The van der Waals surface area contributed by atoms with Gasteiger partial charge in [0.05, 0.1) is 10.6 Å². The van der Waals surface area contributed by atoms with E-state index in [9.17, 15) is 12.8 Å². The van der Waals surface area contributed by atoms with Crippen molar-refractivity contribution in [3.63, 3.8) is 0 Å². The first-order valence-electron chi connectivity index (χ1n) is 7.46. The molecule has 2 rings (SSSR count). The Bertz CT molecular complexity index is 973. The topological polar surface area (TPSA) is 72.5 Å². The molecule has 0 atom stereocenters. The summed E-state index contributed by atoms with van der Waals surface area (Å²) in [6, 6.07) is 11.0. The van der Waals surface area contributed by atoms with Crippen LogP contribution < -0.4 is 5.73 Å². The van der Waals surface area contributed by atoms with E-state index in [-0.39, 0.29) is 10.5 Å². The Morgan fingerprint density at radius 1 is 1.24 bits per heavy atom. The van der Waals surface area contributed by atoms with E-state index in [4.69, 9.17) is 5.73 Å². The van der Waals surface area contributed by atoms with Gasteiger partial charge in [-0.2, -0.15) is 0 Å². The first-order chi connectivity index (χ1) is 11.7. The van der Waals surface area contributed by atoms with Gasteiger partial charge in [0, 0.05) is 29.3 Å². The number of rotatable bonds is 5. The standard InChI is InChI=1S/C19H19FN2O2S/c1-4-18(22-12-13(2)21)16-10-9-14(11-17(16)20)15-7-5-6-8-19(15)25(3,23)24/h4-12H,1,21H2,2-3H3/b13-12+,22-18+. The second-order valence-electron chi connectivity index (χ2n) is 5.55. The van der Waals surface area contributed by atoms with E-state index < -0.39 is 15.7 Å². The molecule has 0 radical (unpaired) electrons. The maximum absolute atomic E-state index is 14.6. The van der Waals surface area contributed by atoms with Crippen molar-refractivity contribution in [1.29, 1.82) is 0 Å². The molecule has 0 bridgehead atoms. The number of halogens is 1. The zero-order valence-corrected chi connectivity index (χ0v) is 14.8. The van der Waals surface area contributed by atoms with E-state index >= 15 is 0 Å². The molecule has 0 spiro atoms. The predicted octanol–water partition coefficient (Wildman–Crippen LogP) is 3.69. The number of allylic oxidation sites excluding steroid dienone is 2. The van der Waals surface area contributed by atoms with Crippen LogP contribution in [-0.4, -0.2) is 20.4 Å². The molecule has 2 N–H and O–H groups in total. The molecule has 2 aromatic rings. The average Bonchev–Trinajstić information content (AvgIpc) is 2.55. The van der Waals surface area contributed by atoms with Gasteiger partial charge in [-0.05, 0) is 36.8 Å². The molecule has 0 aliphatic carbocycles. The van der Waals surface area contributed by atoms with Crippen molar-refractivity contribution in [1.82, 2.24) is 0 Å². The van der Waals surface area contributed by atoms with Crippen molar-refractivity contribution in [3.8, 4) is 11.1 Å². The first-order valence-corrected chi connectivity index (χ1v) is 9.35. The summed E-state index contributed by atoms with van der Waals surface area (Å²) in [4.78, 5) is 4.26. The SMILES string of the molecule is C=C/C(=N\C=C(/C)N)c1ccc(-c2ccccc2S(C)(=O)=O)cc1F. The van der Waals surface area contributed by atoms with Crippen LogP contribution in [0.5, 0.6) is 0 Å². The van der Waals surface area contributed by atoms with Crippen molar-refractivity contribution in [3.05, 3.63) is 78.4 Å². The van der Waals surface area contributed by atoms with Crippen LogP contribution in [-0.2, 0) is 9.84 Å². The van der Waals surface area contributed by atoms with Gasteiger partial charge >= 0.3 is 0 Å². The minimum absolute atomic E-state index is 0.154. The largest absolute Gasteiger partial charge is 0.401 e. The van der Waals surface area contributed by atoms with Gasteiger partial charge in [0.15, 0.2) is 9.84 Å². The highest BCUT2D eigenvalue weighted by Gasteiger charge is 2.16. The Hall–Kier alpha value is -2.73. The molecule has 0 fully saturated rings. The molecular weight excluding hydrogens is 339 g/mol. The van der Waals surface area contributed by atoms with Crippen LogP contribution >= 0.6 is 0 Å². The summed E-state index contributed by atoms with van der Waals surface area (Å²) in [5.74, 6) is -0.525. The minimum atomic E-state index is -3.43. The van der Waals surface area contributed by atoms with Gasteiger partial charge in [-0.25, -0.2) is 12.8 Å². The predicted molar refractivity (Wildman–Crippen MR) is 99.6 cm³/mol. The number of aliphatic imine (C=N–C) groups is 1. The van der Waals surface area contributed by atoms with Gasteiger partial charge in [0.25, 0.3) is 0 Å². The smallest absolute Gasteiger partial charge is 0.176 e. The van der Waals surface area contributed by atoms with Crippen LogP contribution in [0.15, 0.2) is 76.9 Å².